The zero-order valence-corrected chi connectivity index (χ0v) is 21.8. The van der Waals surface area contributed by atoms with Crippen LogP contribution in [0.3, 0.4) is 0 Å². The number of likely N-dealkylation sites (N-methyl/N-ethyl adjacent to an activating group) is 1. The summed E-state index contributed by atoms with van der Waals surface area (Å²) in [4.78, 5) is 56.4. The maximum Gasteiger partial charge on any atom is 0.433 e. The molecular weight excluding hydrogens is 482 g/mol. The Kier molecular flexibility index (Phi) is 11.6. The maximum absolute atomic E-state index is 12.8. The first-order chi connectivity index (χ1) is 17.6. The van der Waals surface area contributed by atoms with Gasteiger partial charge in [-0.2, -0.15) is 0 Å². The fraction of sp³-hybridized carbons (Fsp3) is 0.542. The van der Waals surface area contributed by atoms with Crippen molar-refractivity contribution in [2.45, 2.75) is 32.7 Å². The number of urea groups is 1. The third-order valence-corrected chi connectivity index (χ3v) is 5.23. The van der Waals surface area contributed by atoms with Crippen LogP contribution >= 0.6 is 0 Å². The topological polar surface area (TPSA) is 168 Å². The second-order valence-corrected chi connectivity index (χ2v) is 9.19. The van der Waals surface area contributed by atoms with Gasteiger partial charge in [0.1, 0.15) is 6.04 Å². The number of nitrogens with zero attached hydrogens (tertiary/aromatic N) is 3. The molecule has 1 aliphatic rings. The average Bonchev–Trinajstić information content (AvgIpc) is 3.20. The van der Waals surface area contributed by atoms with Crippen LogP contribution in [0.4, 0.5) is 15.3 Å². The van der Waals surface area contributed by atoms with Crippen molar-refractivity contribution in [2.24, 2.45) is 16.8 Å². The van der Waals surface area contributed by atoms with Gasteiger partial charge in [-0.25, -0.2) is 9.59 Å². The Hall–Kier alpha value is -3.87. The number of anilines is 1. The molecule has 1 saturated heterocycles. The smallest absolute Gasteiger partial charge is 0.433 e. The number of carbonyl (C=O) groups is 4. The van der Waals surface area contributed by atoms with E-state index >= 15 is 0 Å². The number of hydrogen-bond acceptors (Lipinski definition) is 8. The summed E-state index contributed by atoms with van der Waals surface area (Å²) in [6, 6.07) is 5.48. The number of nitrogens with one attached hydrogen (secondary N) is 3. The van der Waals surface area contributed by atoms with E-state index in [0.29, 0.717) is 43.9 Å². The highest BCUT2D eigenvalue weighted by atomic mass is 16.7. The van der Waals surface area contributed by atoms with Gasteiger partial charge >= 0.3 is 18.1 Å². The van der Waals surface area contributed by atoms with Crippen LogP contribution < -0.4 is 26.6 Å². The first kappa shape index (κ1) is 29.4. The van der Waals surface area contributed by atoms with Crippen molar-refractivity contribution in [3.63, 3.8) is 0 Å². The molecule has 1 atom stereocenters. The number of hydrogen-bond donors (Lipinski definition) is 4. The fourth-order valence-corrected chi connectivity index (χ4v) is 3.26. The minimum atomic E-state index is -0.710. The molecule has 13 nitrogen and oxygen atoms in total. The van der Waals surface area contributed by atoms with Crippen molar-refractivity contribution < 1.29 is 28.8 Å². The molecule has 1 aromatic carbocycles. The standard InChI is InChI=1S/C24H37N7O6/c1-16(2)15-36-20(32)9-11-26-23(34)28-19-10-13-31(22(19)33)18-7-5-17(6-8-18)21(25)29-37-24(35)27-12-14-30(3)4/h5-8,16,19H,9-15H2,1-4H3,(H2,25,29)(H,27,35)(H2,26,28,34). The lowest BCUT2D eigenvalue weighted by molar-refractivity contribution is -0.144. The summed E-state index contributed by atoms with van der Waals surface area (Å²) < 4.78 is 5.05. The number of amidine groups is 1. The lowest BCUT2D eigenvalue weighted by Crippen LogP contribution is -2.46. The Bertz CT molecular complexity index is 965. The van der Waals surface area contributed by atoms with E-state index in [4.69, 9.17) is 15.3 Å². The summed E-state index contributed by atoms with van der Waals surface area (Å²) in [5.41, 5.74) is 7.03. The second-order valence-electron chi connectivity index (χ2n) is 9.19. The summed E-state index contributed by atoms with van der Waals surface area (Å²) in [5.74, 6) is -0.394. The van der Waals surface area contributed by atoms with Crippen LogP contribution in [0.15, 0.2) is 29.4 Å². The number of ether oxygens (including phenoxy) is 1. The largest absolute Gasteiger partial charge is 0.465 e. The zero-order valence-electron chi connectivity index (χ0n) is 21.8. The molecule has 1 fully saturated rings. The molecule has 4 amide bonds. The van der Waals surface area contributed by atoms with E-state index in [-0.39, 0.29) is 36.6 Å². The number of oxime groups is 1. The van der Waals surface area contributed by atoms with Crippen molar-refractivity contribution >= 4 is 35.5 Å². The van der Waals surface area contributed by atoms with Gasteiger partial charge in [0.2, 0.25) is 5.91 Å². The summed E-state index contributed by atoms with van der Waals surface area (Å²) in [5, 5.41) is 11.4. The van der Waals surface area contributed by atoms with Crippen LogP contribution in [-0.4, -0.2) is 87.7 Å². The van der Waals surface area contributed by atoms with E-state index in [0.717, 1.165) is 0 Å². The Morgan fingerprint density at radius 3 is 2.51 bits per heavy atom. The number of esters is 1. The van der Waals surface area contributed by atoms with E-state index in [1.54, 1.807) is 29.2 Å². The van der Waals surface area contributed by atoms with E-state index in [1.165, 1.54) is 0 Å². The molecule has 1 heterocycles. The number of rotatable bonds is 12. The molecule has 0 spiro atoms. The quantitative estimate of drug-likeness (QED) is 0.102. The monoisotopic (exact) mass is 519 g/mol. The van der Waals surface area contributed by atoms with Gasteiger partial charge < -0.3 is 36.2 Å². The van der Waals surface area contributed by atoms with Crippen LogP contribution in [-0.2, 0) is 19.2 Å². The molecule has 0 radical (unpaired) electrons. The predicted molar refractivity (Wildman–Crippen MR) is 138 cm³/mol. The predicted octanol–water partition coefficient (Wildman–Crippen LogP) is 0.589. The van der Waals surface area contributed by atoms with Crippen molar-refractivity contribution in [3.05, 3.63) is 29.8 Å². The van der Waals surface area contributed by atoms with Crippen LogP contribution in [0.2, 0.25) is 0 Å². The Balaban J connectivity index is 1.79. The number of carbonyl (C=O) groups excluding carboxylic acids is 4. The van der Waals surface area contributed by atoms with Gasteiger partial charge in [0, 0.05) is 37.4 Å². The molecule has 2 rings (SSSR count). The van der Waals surface area contributed by atoms with Gasteiger partial charge in [-0.1, -0.05) is 19.0 Å². The number of benzene rings is 1. The molecule has 0 aromatic heterocycles. The fourth-order valence-electron chi connectivity index (χ4n) is 3.26. The summed E-state index contributed by atoms with van der Waals surface area (Å²) in [6.07, 6.45) is -0.224. The Labute approximate surface area is 216 Å². The molecule has 0 bridgehead atoms. The first-order valence-electron chi connectivity index (χ1n) is 12.1. The van der Waals surface area contributed by atoms with E-state index < -0.39 is 18.2 Å². The normalized spacial score (nSPS) is 15.6. The van der Waals surface area contributed by atoms with Crippen LogP contribution in [0, 0.1) is 5.92 Å². The molecular formula is C24H37N7O6. The molecule has 1 aliphatic heterocycles. The maximum atomic E-state index is 12.8. The highest BCUT2D eigenvalue weighted by molar-refractivity contribution is 6.02. The van der Waals surface area contributed by atoms with Crippen molar-refractivity contribution in [3.8, 4) is 0 Å². The van der Waals surface area contributed by atoms with Crippen molar-refractivity contribution in [2.75, 3.05) is 51.8 Å². The molecule has 204 valence electrons. The van der Waals surface area contributed by atoms with Gasteiger partial charge in [0.15, 0.2) is 5.84 Å². The van der Waals surface area contributed by atoms with Gasteiger partial charge in [0.25, 0.3) is 0 Å². The highest BCUT2D eigenvalue weighted by Crippen LogP contribution is 2.22. The number of nitrogens with two attached hydrogens (primary N) is 1. The third kappa shape index (κ3) is 10.3. The minimum absolute atomic E-state index is 0.00589. The molecule has 1 aromatic rings. The molecule has 1 unspecified atom stereocenters. The lowest BCUT2D eigenvalue weighted by Gasteiger charge is -2.18. The second kappa shape index (κ2) is 14.6. The van der Waals surface area contributed by atoms with Crippen LogP contribution in [0.5, 0.6) is 0 Å². The minimum Gasteiger partial charge on any atom is -0.465 e. The first-order valence-corrected chi connectivity index (χ1v) is 12.1. The van der Waals surface area contributed by atoms with Gasteiger partial charge in [-0.15, -0.1) is 0 Å². The molecule has 0 saturated carbocycles. The van der Waals surface area contributed by atoms with E-state index in [9.17, 15) is 19.2 Å². The lowest BCUT2D eigenvalue weighted by atomic mass is 10.2. The molecule has 0 aliphatic carbocycles. The molecule has 5 N–H and O–H groups in total. The Morgan fingerprint density at radius 1 is 1.16 bits per heavy atom. The van der Waals surface area contributed by atoms with Gasteiger partial charge in [-0.3, -0.25) is 14.4 Å². The highest BCUT2D eigenvalue weighted by Gasteiger charge is 2.33. The zero-order chi connectivity index (χ0) is 27.4. The molecule has 13 heteroatoms. The Morgan fingerprint density at radius 2 is 1.86 bits per heavy atom. The van der Waals surface area contributed by atoms with E-state index in [1.807, 2.05) is 32.8 Å². The summed E-state index contributed by atoms with van der Waals surface area (Å²) in [7, 11) is 3.77. The SMILES string of the molecule is CC(C)COC(=O)CCNC(=O)NC1CCN(c2ccc(C(N)=NOC(=O)NCCN(C)C)cc2)C1=O. The van der Waals surface area contributed by atoms with Crippen LogP contribution in [0.25, 0.3) is 0 Å². The average molecular weight is 520 g/mol. The third-order valence-electron chi connectivity index (χ3n) is 5.23. The van der Waals surface area contributed by atoms with Crippen molar-refractivity contribution in [1.82, 2.24) is 20.9 Å². The van der Waals surface area contributed by atoms with Crippen LogP contribution in [0.1, 0.15) is 32.3 Å². The summed E-state index contributed by atoms with van der Waals surface area (Å²) in [6.45, 7) is 5.80. The summed E-state index contributed by atoms with van der Waals surface area (Å²) >= 11 is 0. The number of amides is 4. The van der Waals surface area contributed by atoms with E-state index in [2.05, 4.69) is 21.1 Å². The van der Waals surface area contributed by atoms with Crippen molar-refractivity contribution in [1.29, 1.82) is 0 Å². The van der Waals surface area contributed by atoms with Gasteiger partial charge in [0.05, 0.1) is 13.0 Å². The molecule has 37 heavy (non-hydrogen) atoms. The van der Waals surface area contributed by atoms with Gasteiger partial charge in [-0.05, 0) is 50.7 Å².